The lowest BCUT2D eigenvalue weighted by Crippen LogP contribution is -2.23. The van der Waals surface area contributed by atoms with Crippen molar-refractivity contribution in [2.75, 3.05) is 5.32 Å². The Balaban J connectivity index is 1.82. The molecule has 1 amide bonds. The second-order valence-corrected chi connectivity index (χ2v) is 7.43. The number of amides is 1. The number of hydrogen-bond acceptors (Lipinski definition) is 5. The standard InChI is InChI=1S/C24H20N6O/c1-14-19(12-25)22(20(13-26)15(2)27-14)17-9-10-21-18(11-17)23(29-30(21)3)28-24(31)16-7-5-4-6-8-16/h4-11,22,27H,1-3H3,(H,28,29,31). The molecule has 0 atom stereocenters. The number of dihydropyridines is 1. The maximum Gasteiger partial charge on any atom is 0.256 e. The third-order valence-corrected chi connectivity index (χ3v) is 5.48. The van der Waals surface area contributed by atoms with E-state index >= 15 is 0 Å². The maximum absolute atomic E-state index is 12.7. The summed E-state index contributed by atoms with van der Waals surface area (Å²) in [6.45, 7) is 3.66. The summed E-state index contributed by atoms with van der Waals surface area (Å²) in [6, 6.07) is 19.1. The van der Waals surface area contributed by atoms with Crippen LogP contribution in [0.3, 0.4) is 0 Å². The van der Waals surface area contributed by atoms with Crippen LogP contribution in [0.4, 0.5) is 5.82 Å². The van der Waals surface area contributed by atoms with E-state index < -0.39 is 5.92 Å². The van der Waals surface area contributed by atoms with Crippen molar-refractivity contribution in [3.05, 3.63) is 82.2 Å². The first-order chi connectivity index (χ1) is 14.9. The van der Waals surface area contributed by atoms with E-state index in [1.807, 2.05) is 38.1 Å². The molecule has 31 heavy (non-hydrogen) atoms. The molecule has 4 rings (SSSR count). The van der Waals surface area contributed by atoms with Gasteiger partial charge >= 0.3 is 0 Å². The van der Waals surface area contributed by atoms with Crippen molar-refractivity contribution in [3.63, 3.8) is 0 Å². The van der Waals surface area contributed by atoms with Crippen molar-refractivity contribution < 1.29 is 4.79 Å². The van der Waals surface area contributed by atoms with Gasteiger partial charge in [0.25, 0.3) is 5.91 Å². The Morgan fingerprint density at radius 1 is 1.06 bits per heavy atom. The molecule has 0 fully saturated rings. The molecule has 0 saturated carbocycles. The summed E-state index contributed by atoms with van der Waals surface area (Å²) in [5.74, 6) is -0.297. The highest BCUT2D eigenvalue weighted by Gasteiger charge is 2.30. The Bertz CT molecular complexity index is 1310. The van der Waals surface area contributed by atoms with E-state index in [-0.39, 0.29) is 5.91 Å². The third-order valence-electron chi connectivity index (χ3n) is 5.48. The van der Waals surface area contributed by atoms with Gasteiger partial charge in [0.05, 0.1) is 34.7 Å². The molecule has 7 heteroatoms. The molecule has 2 N–H and O–H groups in total. The van der Waals surface area contributed by atoms with Crippen molar-refractivity contribution >= 4 is 22.6 Å². The van der Waals surface area contributed by atoms with Crippen LogP contribution in [0.25, 0.3) is 10.9 Å². The first-order valence-electron chi connectivity index (χ1n) is 9.76. The van der Waals surface area contributed by atoms with Crippen LogP contribution in [0, 0.1) is 22.7 Å². The van der Waals surface area contributed by atoms with Gasteiger partial charge in [-0.25, -0.2) is 0 Å². The second kappa shape index (κ2) is 7.81. The largest absolute Gasteiger partial charge is 0.361 e. The summed E-state index contributed by atoms with van der Waals surface area (Å²) >= 11 is 0. The van der Waals surface area contributed by atoms with Crippen LogP contribution < -0.4 is 10.6 Å². The van der Waals surface area contributed by atoms with Crippen LogP contribution in [-0.2, 0) is 7.05 Å². The predicted octanol–water partition coefficient (Wildman–Crippen LogP) is 4.11. The van der Waals surface area contributed by atoms with Crippen molar-refractivity contribution in [3.8, 4) is 12.1 Å². The average molecular weight is 408 g/mol. The van der Waals surface area contributed by atoms with E-state index in [1.165, 1.54) is 0 Å². The number of allylic oxidation sites excluding steroid dienone is 4. The number of rotatable bonds is 3. The molecule has 0 aliphatic carbocycles. The van der Waals surface area contributed by atoms with E-state index in [0.29, 0.717) is 22.5 Å². The number of aryl methyl sites for hydroxylation is 1. The monoisotopic (exact) mass is 408 g/mol. The van der Waals surface area contributed by atoms with Gasteiger partial charge in [-0.3, -0.25) is 9.48 Å². The van der Waals surface area contributed by atoms with Gasteiger partial charge in [-0.05, 0) is 43.7 Å². The number of nitrogens with zero attached hydrogens (tertiary/aromatic N) is 4. The number of nitrogens with one attached hydrogen (secondary N) is 2. The Morgan fingerprint density at radius 3 is 2.32 bits per heavy atom. The molecule has 1 aliphatic rings. The van der Waals surface area contributed by atoms with Gasteiger partial charge in [-0.15, -0.1) is 0 Å². The lowest BCUT2D eigenvalue weighted by Gasteiger charge is -2.26. The van der Waals surface area contributed by atoms with Crippen LogP contribution >= 0.6 is 0 Å². The van der Waals surface area contributed by atoms with Crippen LogP contribution in [-0.4, -0.2) is 15.7 Å². The summed E-state index contributed by atoms with van der Waals surface area (Å²) in [5.41, 5.74) is 4.62. The molecule has 3 aromatic rings. The highest BCUT2D eigenvalue weighted by Crippen LogP contribution is 2.39. The van der Waals surface area contributed by atoms with Gasteiger partial charge in [0, 0.05) is 29.4 Å². The number of hydrogen-bond donors (Lipinski definition) is 2. The molecule has 152 valence electrons. The molecule has 7 nitrogen and oxygen atoms in total. The van der Waals surface area contributed by atoms with Gasteiger partial charge in [0.2, 0.25) is 0 Å². The number of aromatic nitrogens is 2. The van der Waals surface area contributed by atoms with Crippen molar-refractivity contribution in [1.82, 2.24) is 15.1 Å². The molecular weight excluding hydrogens is 388 g/mol. The molecule has 2 aromatic carbocycles. The molecule has 2 heterocycles. The molecule has 0 radical (unpaired) electrons. The molecular formula is C24H20N6O. The average Bonchev–Trinajstić information content (AvgIpc) is 3.08. The van der Waals surface area contributed by atoms with Crippen molar-refractivity contribution in [1.29, 1.82) is 10.5 Å². The predicted molar refractivity (Wildman–Crippen MR) is 118 cm³/mol. The number of benzene rings is 2. The highest BCUT2D eigenvalue weighted by atomic mass is 16.1. The molecule has 0 bridgehead atoms. The molecule has 0 unspecified atom stereocenters. The number of anilines is 1. The fraction of sp³-hybridized carbons (Fsp3) is 0.167. The van der Waals surface area contributed by atoms with E-state index in [4.69, 9.17) is 0 Å². The molecule has 1 aliphatic heterocycles. The van der Waals surface area contributed by atoms with Gasteiger partial charge in [-0.2, -0.15) is 15.6 Å². The lowest BCUT2D eigenvalue weighted by atomic mass is 9.81. The van der Waals surface area contributed by atoms with Crippen molar-refractivity contribution in [2.24, 2.45) is 7.05 Å². The molecule has 0 saturated heterocycles. The summed E-state index contributed by atoms with van der Waals surface area (Å²) < 4.78 is 1.70. The van der Waals surface area contributed by atoms with E-state index in [2.05, 4.69) is 27.9 Å². The van der Waals surface area contributed by atoms with Crippen molar-refractivity contribution in [2.45, 2.75) is 19.8 Å². The molecule has 1 aromatic heterocycles. The normalized spacial score (nSPS) is 14.2. The zero-order chi connectivity index (χ0) is 22.1. The second-order valence-electron chi connectivity index (χ2n) is 7.43. The quantitative estimate of drug-likeness (QED) is 0.678. The minimum absolute atomic E-state index is 0.255. The summed E-state index contributed by atoms with van der Waals surface area (Å²) in [4.78, 5) is 12.7. The minimum atomic E-state index is -0.474. The number of nitriles is 2. The summed E-state index contributed by atoms with van der Waals surface area (Å²) in [6.07, 6.45) is 0. The molecule has 0 spiro atoms. The zero-order valence-electron chi connectivity index (χ0n) is 17.4. The van der Waals surface area contributed by atoms with Gasteiger partial charge in [-0.1, -0.05) is 24.3 Å². The highest BCUT2D eigenvalue weighted by molar-refractivity contribution is 6.08. The van der Waals surface area contributed by atoms with Gasteiger partial charge in [0.1, 0.15) is 0 Å². The third kappa shape index (κ3) is 3.43. The van der Waals surface area contributed by atoms with E-state index in [1.54, 1.807) is 36.0 Å². The van der Waals surface area contributed by atoms with Crippen LogP contribution in [0.15, 0.2) is 71.1 Å². The zero-order valence-corrected chi connectivity index (χ0v) is 17.4. The lowest BCUT2D eigenvalue weighted by molar-refractivity contribution is 0.102. The Hall–Kier alpha value is -4.36. The number of fused-ring (bicyclic) bond motifs is 1. The SMILES string of the molecule is CC1=C(C#N)C(c2ccc3c(c2)c(NC(=O)c2ccccc2)nn3C)C(C#N)=C(C)N1. The van der Waals surface area contributed by atoms with Crippen LogP contribution in [0.2, 0.25) is 0 Å². The van der Waals surface area contributed by atoms with Gasteiger partial charge < -0.3 is 10.6 Å². The van der Waals surface area contributed by atoms with Crippen LogP contribution in [0.5, 0.6) is 0 Å². The maximum atomic E-state index is 12.7. The Labute approximate surface area is 179 Å². The Kier molecular flexibility index (Phi) is 5.02. The summed E-state index contributed by atoms with van der Waals surface area (Å²) in [5, 5.41) is 30.7. The summed E-state index contributed by atoms with van der Waals surface area (Å²) in [7, 11) is 1.81. The number of carbonyl (C=O) groups is 1. The van der Waals surface area contributed by atoms with Crippen LogP contribution in [0.1, 0.15) is 35.7 Å². The number of carbonyl (C=O) groups excluding carboxylic acids is 1. The first kappa shape index (κ1) is 19.9. The van der Waals surface area contributed by atoms with E-state index in [0.717, 1.165) is 27.9 Å². The minimum Gasteiger partial charge on any atom is -0.361 e. The smallest absolute Gasteiger partial charge is 0.256 e. The van der Waals surface area contributed by atoms with Gasteiger partial charge in [0.15, 0.2) is 5.82 Å². The fourth-order valence-corrected chi connectivity index (χ4v) is 3.95. The Morgan fingerprint density at radius 2 is 1.71 bits per heavy atom. The first-order valence-corrected chi connectivity index (χ1v) is 9.76. The topological polar surface area (TPSA) is 107 Å². The fourth-order valence-electron chi connectivity index (χ4n) is 3.95. The van der Waals surface area contributed by atoms with E-state index in [9.17, 15) is 15.3 Å².